The minimum absolute atomic E-state index is 0.334. The molecular formula is C17H27NO. The summed E-state index contributed by atoms with van der Waals surface area (Å²) in [4.78, 5) is 0. The topological polar surface area (TPSA) is 21.3 Å². The molecule has 19 heavy (non-hydrogen) atoms. The summed E-state index contributed by atoms with van der Waals surface area (Å²) in [6.07, 6.45) is 2.64. The molecule has 0 heterocycles. The molecule has 1 fully saturated rings. The zero-order valence-corrected chi connectivity index (χ0v) is 12.7. The van der Waals surface area contributed by atoms with Gasteiger partial charge in [-0.25, -0.2) is 0 Å². The van der Waals surface area contributed by atoms with E-state index in [1.165, 1.54) is 18.4 Å². The molecule has 1 aliphatic carbocycles. The molecule has 0 radical (unpaired) electrons. The monoisotopic (exact) mass is 261 g/mol. The van der Waals surface area contributed by atoms with Crippen molar-refractivity contribution in [2.45, 2.75) is 39.0 Å². The summed E-state index contributed by atoms with van der Waals surface area (Å²) in [7, 11) is 1.72. The number of hydrogen-bond donors (Lipinski definition) is 1. The lowest BCUT2D eigenvalue weighted by Gasteiger charge is -2.49. The van der Waals surface area contributed by atoms with E-state index in [-0.39, 0.29) is 0 Å². The number of ether oxygens (including phenoxy) is 1. The average Bonchev–Trinajstić information content (AvgIpc) is 2.42. The zero-order valence-electron chi connectivity index (χ0n) is 12.7. The van der Waals surface area contributed by atoms with Gasteiger partial charge in [0.15, 0.2) is 0 Å². The van der Waals surface area contributed by atoms with Crippen molar-refractivity contribution in [2.24, 2.45) is 11.8 Å². The second kappa shape index (κ2) is 5.96. The van der Waals surface area contributed by atoms with Crippen LogP contribution in [-0.2, 0) is 5.41 Å². The van der Waals surface area contributed by atoms with Gasteiger partial charge in [-0.3, -0.25) is 0 Å². The minimum Gasteiger partial charge on any atom is -0.497 e. The van der Waals surface area contributed by atoms with Crippen molar-refractivity contribution in [1.29, 1.82) is 0 Å². The van der Waals surface area contributed by atoms with E-state index < -0.39 is 0 Å². The van der Waals surface area contributed by atoms with Gasteiger partial charge in [0.1, 0.15) is 5.75 Å². The third-order valence-corrected chi connectivity index (χ3v) is 4.62. The summed E-state index contributed by atoms with van der Waals surface area (Å²) in [5, 5.41) is 3.65. The van der Waals surface area contributed by atoms with Crippen molar-refractivity contribution in [3.05, 3.63) is 29.8 Å². The van der Waals surface area contributed by atoms with Crippen molar-refractivity contribution in [2.75, 3.05) is 20.2 Å². The van der Waals surface area contributed by atoms with Crippen LogP contribution in [0.1, 0.15) is 39.2 Å². The summed E-state index contributed by atoms with van der Waals surface area (Å²) < 4.78 is 5.26. The average molecular weight is 261 g/mol. The van der Waals surface area contributed by atoms with E-state index in [0.29, 0.717) is 11.3 Å². The Morgan fingerprint density at radius 2 is 2.00 bits per heavy atom. The van der Waals surface area contributed by atoms with E-state index in [4.69, 9.17) is 4.74 Å². The zero-order chi connectivity index (χ0) is 13.9. The predicted molar refractivity (Wildman–Crippen MR) is 80.8 cm³/mol. The van der Waals surface area contributed by atoms with Crippen molar-refractivity contribution in [1.82, 2.24) is 5.32 Å². The number of rotatable bonds is 6. The van der Waals surface area contributed by atoms with Crippen LogP contribution >= 0.6 is 0 Å². The first-order valence-corrected chi connectivity index (χ1v) is 7.44. The Labute approximate surface area is 117 Å². The molecule has 0 bridgehead atoms. The first-order valence-electron chi connectivity index (χ1n) is 7.44. The standard InChI is InChI=1S/C17H27NO/c1-13(2)11-18-12-17(10-9-14(17)3)15-5-7-16(19-4)8-6-15/h5-8,13-14,18H,9-12H2,1-4H3. The van der Waals surface area contributed by atoms with E-state index in [0.717, 1.165) is 24.8 Å². The van der Waals surface area contributed by atoms with Gasteiger partial charge in [0, 0.05) is 12.0 Å². The van der Waals surface area contributed by atoms with E-state index in [9.17, 15) is 0 Å². The maximum absolute atomic E-state index is 5.26. The molecule has 0 aromatic heterocycles. The summed E-state index contributed by atoms with van der Waals surface area (Å²) in [5.74, 6) is 2.42. The number of nitrogens with one attached hydrogen (secondary N) is 1. The summed E-state index contributed by atoms with van der Waals surface area (Å²) in [6, 6.07) is 8.66. The Balaban J connectivity index is 2.09. The molecule has 0 amide bonds. The van der Waals surface area contributed by atoms with Crippen molar-refractivity contribution >= 4 is 0 Å². The molecule has 2 unspecified atom stereocenters. The highest BCUT2D eigenvalue weighted by Gasteiger charge is 2.44. The minimum atomic E-state index is 0.334. The van der Waals surface area contributed by atoms with Crippen molar-refractivity contribution in [3.8, 4) is 5.75 Å². The molecule has 1 aromatic carbocycles. The summed E-state index contributed by atoms with van der Waals surface area (Å²) in [5.41, 5.74) is 1.80. The maximum atomic E-state index is 5.26. The Morgan fingerprint density at radius 1 is 1.32 bits per heavy atom. The van der Waals surface area contributed by atoms with Crippen molar-refractivity contribution in [3.63, 3.8) is 0 Å². The van der Waals surface area contributed by atoms with Gasteiger partial charge in [-0.15, -0.1) is 0 Å². The van der Waals surface area contributed by atoms with Crippen LogP contribution in [0.4, 0.5) is 0 Å². The van der Waals surface area contributed by atoms with Gasteiger partial charge < -0.3 is 10.1 Å². The molecule has 2 rings (SSSR count). The Morgan fingerprint density at radius 3 is 2.42 bits per heavy atom. The van der Waals surface area contributed by atoms with E-state index >= 15 is 0 Å². The van der Waals surface area contributed by atoms with Crippen LogP contribution in [0.25, 0.3) is 0 Å². The molecule has 2 heteroatoms. The van der Waals surface area contributed by atoms with Gasteiger partial charge in [0.05, 0.1) is 7.11 Å². The molecule has 2 nitrogen and oxygen atoms in total. The van der Waals surface area contributed by atoms with Crippen LogP contribution < -0.4 is 10.1 Å². The highest BCUT2D eigenvalue weighted by Crippen LogP contribution is 2.48. The predicted octanol–water partition coefficient (Wildman–Crippen LogP) is 3.61. The van der Waals surface area contributed by atoms with Gasteiger partial charge in [-0.2, -0.15) is 0 Å². The fourth-order valence-electron chi connectivity index (χ4n) is 3.08. The number of methoxy groups -OCH3 is 1. The number of hydrogen-bond acceptors (Lipinski definition) is 2. The van der Waals surface area contributed by atoms with Crippen LogP contribution in [-0.4, -0.2) is 20.2 Å². The maximum Gasteiger partial charge on any atom is 0.118 e. The smallest absolute Gasteiger partial charge is 0.118 e. The van der Waals surface area contributed by atoms with Crippen LogP contribution in [0, 0.1) is 11.8 Å². The number of benzene rings is 1. The van der Waals surface area contributed by atoms with Crippen LogP contribution in [0.3, 0.4) is 0 Å². The first kappa shape index (κ1) is 14.4. The van der Waals surface area contributed by atoms with Crippen molar-refractivity contribution < 1.29 is 4.74 Å². The van der Waals surface area contributed by atoms with Gasteiger partial charge in [-0.05, 0) is 48.9 Å². The molecular weight excluding hydrogens is 234 g/mol. The summed E-state index contributed by atoms with van der Waals surface area (Å²) >= 11 is 0. The molecule has 1 aromatic rings. The van der Waals surface area contributed by atoms with E-state index in [2.05, 4.69) is 50.4 Å². The molecule has 0 saturated heterocycles. The van der Waals surface area contributed by atoms with Crippen LogP contribution in [0.5, 0.6) is 5.75 Å². The largest absolute Gasteiger partial charge is 0.497 e. The van der Waals surface area contributed by atoms with Crippen LogP contribution in [0.15, 0.2) is 24.3 Å². The first-order chi connectivity index (χ1) is 9.08. The van der Waals surface area contributed by atoms with Gasteiger partial charge in [0.2, 0.25) is 0 Å². The fraction of sp³-hybridized carbons (Fsp3) is 0.647. The normalized spacial score (nSPS) is 26.3. The Kier molecular flexibility index (Phi) is 4.51. The third kappa shape index (κ3) is 2.94. The molecule has 2 atom stereocenters. The quantitative estimate of drug-likeness (QED) is 0.844. The molecule has 1 saturated carbocycles. The lowest BCUT2D eigenvalue weighted by molar-refractivity contribution is 0.133. The molecule has 0 spiro atoms. The molecule has 1 N–H and O–H groups in total. The van der Waals surface area contributed by atoms with Gasteiger partial charge in [0.25, 0.3) is 0 Å². The molecule has 106 valence electrons. The van der Waals surface area contributed by atoms with Gasteiger partial charge in [-0.1, -0.05) is 32.9 Å². The SMILES string of the molecule is COc1ccc(C2(CNCC(C)C)CCC2C)cc1. The lowest BCUT2D eigenvalue weighted by atomic mass is 9.57. The molecule has 1 aliphatic rings. The Bertz CT molecular complexity index is 398. The highest BCUT2D eigenvalue weighted by molar-refractivity contribution is 5.35. The third-order valence-electron chi connectivity index (χ3n) is 4.62. The lowest BCUT2D eigenvalue weighted by Crippen LogP contribution is -2.50. The second-order valence-electron chi connectivity index (χ2n) is 6.35. The molecule has 0 aliphatic heterocycles. The second-order valence-corrected chi connectivity index (χ2v) is 6.35. The summed E-state index contributed by atoms with van der Waals surface area (Å²) in [6.45, 7) is 9.10. The Hall–Kier alpha value is -1.02. The van der Waals surface area contributed by atoms with Crippen LogP contribution in [0.2, 0.25) is 0 Å². The van der Waals surface area contributed by atoms with E-state index in [1.807, 2.05) is 0 Å². The van der Waals surface area contributed by atoms with E-state index in [1.54, 1.807) is 7.11 Å². The highest BCUT2D eigenvalue weighted by atomic mass is 16.5. The fourth-order valence-corrected chi connectivity index (χ4v) is 3.08. The van der Waals surface area contributed by atoms with Gasteiger partial charge >= 0.3 is 0 Å².